The maximum Gasteiger partial charge on any atom is 0.132 e. The fourth-order valence-corrected chi connectivity index (χ4v) is 10.7. The number of benzene rings is 11. The Hall–Kier alpha value is -7.74. The van der Waals surface area contributed by atoms with Gasteiger partial charge in [0.15, 0.2) is 0 Å². The third-order valence-corrected chi connectivity index (χ3v) is 13.3. The highest BCUT2D eigenvalue weighted by Gasteiger charge is 2.33. The van der Waals surface area contributed by atoms with Crippen LogP contribution in [0.1, 0.15) is 11.5 Å². The summed E-state index contributed by atoms with van der Waals surface area (Å²) in [6.07, 6.45) is 8.71. The van der Waals surface area contributed by atoms with Crippen LogP contribution in [-0.4, -0.2) is 6.10 Å². The predicted molar refractivity (Wildman–Crippen MR) is 259 cm³/mol. The Morgan fingerprint density at radius 2 is 0.754 bits per heavy atom. The SMILES string of the molecule is C1=CC2Oc3c(-c4cccc(-c5c6ccccc6c(-c6cccc(-c7cc8c9ccccc9c9ccccc9c8c8ccccc78)c6)c6ccccc56)c4)cccc3C2C=C1. The van der Waals surface area contributed by atoms with Crippen molar-refractivity contribution in [1.82, 2.24) is 0 Å². The van der Waals surface area contributed by atoms with E-state index in [2.05, 4.69) is 218 Å². The molecule has 1 heterocycles. The highest BCUT2D eigenvalue weighted by atomic mass is 16.5. The minimum absolute atomic E-state index is 0.0449. The lowest BCUT2D eigenvalue weighted by Gasteiger charge is -2.19. The first-order chi connectivity index (χ1) is 30.3. The summed E-state index contributed by atoms with van der Waals surface area (Å²) < 4.78 is 6.63. The first kappa shape index (κ1) is 34.2. The average molecular weight is 775 g/mol. The maximum absolute atomic E-state index is 6.63. The summed E-state index contributed by atoms with van der Waals surface area (Å²) in [5.74, 6) is 1.25. The highest BCUT2D eigenvalue weighted by molar-refractivity contribution is 6.33. The molecule has 11 aromatic carbocycles. The number of rotatable bonds is 4. The molecular formula is C60H38O. The number of allylic oxidation sites excluding steroid dienone is 2. The van der Waals surface area contributed by atoms with Gasteiger partial charge in [0.25, 0.3) is 0 Å². The lowest BCUT2D eigenvalue weighted by Crippen LogP contribution is -2.15. The van der Waals surface area contributed by atoms with Crippen LogP contribution in [0.3, 0.4) is 0 Å². The van der Waals surface area contributed by atoms with Crippen LogP contribution < -0.4 is 4.74 Å². The summed E-state index contributed by atoms with van der Waals surface area (Å²) in [7, 11) is 0. The number of hydrogen-bond acceptors (Lipinski definition) is 1. The normalized spacial score (nSPS) is 15.5. The zero-order valence-electron chi connectivity index (χ0n) is 33.3. The van der Waals surface area contributed by atoms with Gasteiger partial charge in [0, 0.05) is 17.0 Å². The van der Waals surface area contributed by atoms with E-state index in [1.807, 2.05) is 0 Å². The molecule has 0 aromatic heterocycles. The van der Waals surface area contributed by atoms with Crippen LogP contribution in [-0.2, 0) is 0 Å². The van der Waals surface area contributed by atoms with Gasteiger partial charge in [0.2, 0.25) is 0 Å². The Morgan fingerprint density at radius 3 is 1.36 bits per heavy atom. The van der Waals surface area contributed by atoms with Gasteiger partial charge in [-0.15, -0.1) is 0 Å². The van der Waals surface area contributed by atoms with Gasteiger partial charge in [-0.3, -0.25) is 0 Å². The van der Waals surface area contributed by atoms with E-state index in [9.17, 15) is 0 Å². The summed E-state index contributed by atoms with van der Waals surface area (Å²) in [4.78, 5) is 0. The average Bonchev–Trinajstić information content (AvgIpc) is 3.72. The number of hydrogen-bond donors (Lipinski definition) is 0. The van der Waals surface area contributed by atoms with Gasteiger partial charge in [-0.2, -0.15) is 0 Å². The minimum atomic E-state index is 0.0449. The number of para-hydroxylation sites is 1. The van der Waals surface area contributed by atoms with E-state index in [0.717, 1.165) is 16.9 Å². The van der Waals surface area contributed by atoms with Crippen molar-refractivity contribution in [2.45, 2.75) is 12.0 Å². The number of fused-ring (bicyclic) bond motifs is 13. The molecule has 0 fully saturated rings. The van der Waals surface area contributed by atoms with E-state index < -0.39 is 0 Å². The standard InChI is InChI=1S/C60H38O/c1-2-22-44-42(20-1)43-21-3-5-25-47(43)59-48-26-6-4-23-45(48)54(36-55(44)59)38-17-14-19-40(35-38)58-51-29-9-7-27-49(51)57(50-28-8-10-30-52(50)58)39-18-13-16-37(34-39)41-31-15-32-53-46-24-11-12-33-56(46)61-60(41)53/h1-36,46,56H. The maximum atomic E-state index is 6.63. The second-order valence-corrected chi connectivity index (χ2v) is 16.6. The molecule has 0 radical (unpaired) electrons. The summed E-state index contributed by atoms with van der Waals surface area (Å²) in [6.45, 7) is 0. The first-order valence-corrected chi connectivity index (χ1v) is 21.3. The lowest BCUT2D eigenvalue weighted by atomic mass is 9.84. The Labute approximate surface area is 354 Å². The van der Waals surface area contributed by atoms with Crippen molar-refractivity contribution in [1.29, 1.82) is 0 Å². The molecule has 2 aliphatic rings. The van der Waals surface area contributed by atoms with Gasteiger partial charge in [-0.05, 0) is 128 Å². The van der Waals surface area contributed by atoms with E-state index >= 15 is 0 Å². The van der Waals surface area contributed by atoms with E-state index in [-0.39, 0.29) is 12.0 Å². The van der Waals surface area contributed by atoms with Crippen molar-refractivity contribution in [3.05, 3.63) is 224 Å². The Kier molecular flexibility index (Phi) is 7.50. The van der Waals surface area contributed by atoms with Crippen molar-refractivity contribution < 1.29 is 4.74 Å². The molecule has 2 atom stereocenters. The molecule has 1 aliphatic carbocycles. The van der Waals surface area contributed by atoms with Crippen molar-refractivity contribution in [3.63, 3.8) is 0 Å². The molecule has 284 valence electrons. The van der Waals surface area contributed by atoms with Crippen LogP contribution in [0.15, 0.2) is 218 Å². The molecule has 1 heteroatoms. The summed E-state index contributed by atoms with van der Waals surface area (Å²) in [5, 5.41) is 15.3. The molecule has 2 unspecified atom stereocenters. The highest BCUT2D eigenvalue weighted by Crippen LogP contribution is 2.49. The molecule has 0 saturated carbocycles. The molecule has 0 spiro atoms. The van der Waals surface area contributed by atoms with Gasteiger partial charge in [-0.25, -0.2) is 0 Å². The first-order valence-electron chi connectivity index (χ1n) is 21.3. The predicted octanol–water partition coefficient (Wildman–Crippen LogP) is 16.2. The van der Waals surface area contributed by atoms with Gasteiger partial charge in [0.05, 0.1) is 0 Å². The van der Waals surface area contributed by atoms with E-state index in [1.54, 1.807) is 0 Å². The van der Waals surface area contributed by atoms with Crippen LogP contribution in [0.25, 0.3) is 109 Å². The Balaban J connectivity index is 1.01. The van der Waals surface area contributed by atoms with Crippen molar-refractivity contribution in [2.75, 3.05) is 0 Å². The zero-order chi connectivity index (χ0) is 40.0. The molecule has 13 rings (SSSR count). The molecule has 0 N–H and O–H groups in total. The van der Waals surface area contributed by atoms with E-state index in [0.29, 0.717) is 0 Å². The van der Waals surface area contributed by atoms with Gasteiger partial charge < -0.3 is 4.74 Å². The topological polar surface area (TPSA) is 9.23 Å². The summed E-state index contributed by atoms with van der Waals surface area (Å²) >= 11 is 0. The molecule has 11 aromatic rings. The zero-order valence-corrected chi connectivity index (χ0v) is 33.3. The fraction of sp³-hybridized carbons (Fsp3) is 0.0333. The molecule has 0 amide bonds. The molecule has 0 bridgehead atoms. The molecule has 61 heavy (non-hydrogen) atoms. The van der Waals surface area contributed by atoms with Crippen molar-refractivity contribution >= 4 is 64.6 Å². The Morgan fingerprint density at radius 1 is 0.311 bits per heavy atom. The quantitative estimate of drug-likeness (QED) is 0.128. The van der Waals surface area contributed by atoms with E-state index in [4.69, 9.17) is 4.74 Å². The van der Waals surface area contributed by atoms with E-state index in [1.165, 1.54) is 104 Å². The molecule has 1 aliphatic heterocycles. The number of ether oxygens (including phenoxy) is 1. The van der Waals surface area contributed by atoms with Crippen LogP contribution in [0.2, 0.25) is 0 Å². The third kappa shape index (κ3) is 5.14. The van der Waals surface area contributed by atoms with Gasteiger partial charge in [0.1, 0.15) is 11.9 Å². The second-order valence-electron chi connectivity index (χ2n) is 16.6. The van der Waals surface area contributed by atoms with Crippen molar-refractivity contribution in [2.24, 2.45) is 0 Å². The van der Waals surface area contributed by atoms with Crippen molar-refractivity contribution in [3.8, 4) is 50.3 Å². The van der Waals surface area contributed by atoms with Crippen LogP contribution >= 0.6 is 0 Å². The van der Waals surface area contributed by atoms with Crippen LogP contribution in [0.4, 0.5) is 0 Å². The second kappa shape index (κ2) is 13.4. The molecular weight excluding hydrogens is 737 g/mol. The summed E-state index contributed by atoms with van der Waals surface area (Å²) in [5.41, 5.74) is 10.9. The monoisotopic (exact) mass is 774 g/mol. The lowest BCUT2D eigenvalue weighted by molar-refractivity contribution is 0.270. The van der Waals surface area contributed by atoms with Crippen LogP contribution in [0.5, 0.6) is 5.75 Å². The van der Waals surface area contributed by atoms with Crippen LogP contribution in [0, 0.1) is 0 Å². The summed E-state index contributed by atoms with van der Waals surface area (Å²) in [6, 6.07) is 72.0. The smallest absolute Gasteiger partial charge is 0.132 e. The minimum Gasteiger partial charge on any atom is -0.484 e. The van der Waals surface area contributed by atoms with Gasteiger partial charge in [-0.1, -0.05) is 194 Å². The third-order valence-electron chi connectivity index (χ3n) is 13.3. The largest absolute Gasteiger partial charge is 0.484 e. The van der Waals surface area contributed by atoms with Gasteiger partial charge >= 0.3 is 0 Å². The Bertz CT molecular complexity index is 3640. The fourth-order valence-electron chi connectivity index (χ4n) is 10.7. The molecule has 1 nitrogen and oxygen atoms in total. The molecule has 0 saturated heterocycles.